The van der Waals surface area contributed by atoms with E-state index in [0.717, 1.165) is 42.9 Å². The van der Waals surface area contributed by atoms with E-state index in [9.17, 15) is 4.79 Å². The topological polar surface area (TPSA) is 45.2 Å². The minimum atomic E-state index is -0.0352. The molecule has 1 N–H and O–H groups in total. The Morgan fingerprint density at radius 1 is 1.47 bits per heavy atom. The van der Waals surface area contributed by atoms with Crippen LogP contribution in [0.1, 0.15) is 49.7 Å². The molecule has 104 valence electrons. The number of carbonyl (C=O) groups is 1. The van der Waals surface area contributed by atoms with Crippen LogP contribution in [0.5, 0.6) is 0 Å². The molecule has 1 fully saturated rings. The zero-order chi connectivity index (χ0) is 14.0. The second-order valence-electron chi connectivity index (χ2n) is 5.71. The third-order valence-electron chi connectivity index (χ3n) is 3.89. The number of amides is 1. The number of aromatic nitrogens is 1. The number of carbonyl (C=O) groups excluding carboxylic acids is 1. The van der Waals surface area contributed by atoms with Crippen LogP contribution in [-0.2, 0) is 6.42 Å². The van der Waals surface area contributed by atoms with Crippen molar-refractivity contribution in [1.82, 2.24) is 9.88 Å². The average molecular weight is 261 g/mol. The van der Waals surface area contributed by atoms with E-state index in [-0.39, 0.29) is 11.4 Å². The van der Waals surface area contributed by atoms with Gasteiger partial charge in [-0.25, -0.2) is 4.98 Å². The maximum atomic E-state index is 12.7. The summed E-state index contributed by atoms with van der Waals surface area (Å²) < 4.78 is 0. The Morgan fingerprint density at radius 3 is 2.74 bits per heavy atom. The molecule has 2 rings (SSSR count). The molecule has 1 saturated heterocycles. The molecule has 0 saturated carbocycles. The van der Waals surface area contributed by atoms with E-state index < -0.39 is 0 Å². The van der Waals surface area contributed by atoms with Crippen LogP contribution in [0.25, 0.3) is 0 Å². The lowest BCUT2D eigenvalue weighted by Crippen LogP contribution is -2.42. The van der Waals surface area contributed by atoms with Gasteiger partial charge in [-0.2, -0.15) is 0 Å². The van der Waals surface area contributed by atoms with Gasteiger partial charge in [-0.15, -0.1) is 0 Å². The second-order valence-corrected chi connectivity index (χ2v) is 5.71. The van der Waals surface area contributed by atoms with Gasteiger partial charge in [0.25, 0.3) is 5.91 Å². The van der Waals surface area contributed by atoms with Gasteiger partial charge >= 0.3 is 0 Å². The predicted octanol–water partition coefficient (Wildman–Crippen LogP) is 2.70. The molecule has 0 aliphatic carbocycles. The van der Waals surface area contributed by atoms with E-state index in [0.29, 0.717) is 0 Å². The molecule has 4 nitrogen and oxygen atoms in total. The lowest BCUT2D eigenvalue weighted by molar-refractivity contribution is 0.0652. The van der Waals surface area contributed by atoms with Crippen molar-refractivity contribution >= 4 is 11.7 Å². The summed E-state index contributed by atoms with van der Waals surface area (Å²) in [6.07, 6.45) is 2.99. The van der Waals surface area contributed by atoms with Crippen LogP contribution in [0, 0.1) is 0 Å². The molecule has 1 aliphatic heterocycles. The molecule has 0 spiro atoms. The first-order chi connectivity index (χ1) is 8.97. The number of hydrogen-bond donors (Lipinski definition) is 1. The minimum Gasteiger partial charge on any atom is -0.373 e. The number of likely N-dealkylation sites (tertiary alicyclic amines) is 1. The number of pyridine rings is 1. The molecule has 0 radical (unpaired) electrons. The molecule has 1 amide bonds. The Labute approximate surface area is 115 Å². The lowest BCUT2D eigenvalue weighted by atomic mass is 10.0. The van der Waals surface area contributed by atoms with Gasteiger partial charge in [-0.3, -0.25) is 4.79 Å². The monoisotopic (exact) mass is 261 g/mol. The third-order valence-corrected chi connectivity index (χ3v) is 3.89. The van der Waals surface area contributed by atoms with E-state index in [2.05, 4.69) is 31.1 Å². The summed E-state index contributed by atoms with van der Waals surface area (Å²) >= 11 is 0. The zero-order valence-electron chi connectivity index (χ0n) is 12.3. The summed E-state index contributed by atoms with van der Waals surface area (Å²) in [4.78, 5) is 19.1. The van der Waals surface area contributed by atoms with E-state index >= 15 is 0 Å². The third kappa shape index (κ3) is 2.72. The Balaban J connectivity index is 2.33. The number of nitrogens with zero attached hydrogens (tertiary/aromatic N) is 2. The van der Waals surface area contributed by atoms with Crippen LogP contribution in [0.3, 0.4) is 0 Å². The lowest BCUT2D eigenvalue weighted by Gasteiger charge is -2.31. The first-order valence-electron chi connectivity index (χ1n) is 6.98. The Kier molecular flexibility index (Phi) is 3.78. The number of rotatable bonds is 3. The summed E-state index contributed by atoms with van der Waals surface area (Å²) in [5.41, 5.74) is 1.66. The van der Waals surface area contributed by atoms with Crippen molar-refractivity contribution in [3.8, 4) is 0 Å². The SMILES string of the molecule is CCc1cc(C(=O)N2CCCC2(C)C)cc(NC)n1. The van der Waals surface area contributed by atoms with Crippen molar-refractivity contribution in [3.05, 3.63) is 23.4 Å². The molecule has 1 aromatic rings. The summed E-state index contributed by atoms with van der Waals surface area (Å²) in [5.74, 6) is 0.885. The molecule has 0 unspecified atom stereocenters. The summed E-state index contributed by atoms with van der Waals surface area (Å²) in [5, 5.41) is 3.03. The van der Waals surface area contributed by atoms with Gasteiger partial charge in [0.05, 0.1) is 0 Å². The normalized spacial score (nSPS) is 17.6. The predicted molar refractivity (Wildman–Crippen MR) is 77.5 cm³/mol. The number of hydrogen-bond acceptors (Lipinski definition) is 3. The van der Waals surface area contributed by atoms with Crippen LogP contribution in [-0.4, -0.2) is 34.9 Å². The van der Waals surface area contributed by atoms with Crippen LogP contribution in [0.15, 0.2) is 12.1 Å². The number of nitrogens with one attached hydrogen (secondary N) is 1. The fraction of sp³-hybridized carbons (Fsp3) is 0.600. The highest BCUT2D eigenvalue weighted by atomic mass is 16.2. The van der Waals surface area contributed by atoms with E-state index in [1.807, 2.05) is 24.1 Å². The molecule has 4 heteroatoms. The summed E-state index contributed by atoms with van der Waals surface area (Å²) in [6, 6.07) is 3.76. The molecule has 19 heavy (non-hydrogen) atoms. The van der Waals surface area contributed by atoms with Crippen molar-refractivity contribution in [1.29, 1.82) is 0 Å². The van der Waals surface area contributed by atoms with Gasteiger partial charge in [0.1, 0.15) is 5.82 Å². The Morgan fingerprint density at radius 2 is 2.21 bits per heavy atom. The highest BCUT2D eigenvalue weighted by Crippen LogP contribution is 2.30. The van der Waals surface area contributed by atoms with Gasteiger partial charge in [-0.1, -0.05) is 6.92 Å². The average Bonchev–Trinajstić information content (AvgIpc) is 2.76. The quantitative estimate of drug-likeness (QED) is 0.910. The zero-order valence-corrected chi connectivity index (χ0v) is 12.3. The maximum Gasteiger partial charge on any atom is 0.254 e. The van der Waals surface area contributed by atoms with Gasteiger partial charge in [-0.05, 0) is 45.2 Å². The molecular formula is C15H23N3O. The summed E-state index contributed by atoms with van der Waals surface area (Å²) in [6.45, 7) is 7.18. The van der Waals surface area contributed by atoms with Gasteiger partial charge < -0.3 is 10.2 Å². The van der Waals surface area contributed by atoms with Gasteiger partial charge in [0.15, 0.2) is 0 Å². The fourth-order valence-electron chi connectivity index (χ4n) is 2.66. The van der Waals surface area contributed by atoms with E-state index in [1.54, 1.807) is 0 Å². The first kappa shape index (κ1) is 13.8. The molecule has 1 aromatic heterocycles. The Hall–Kier alpha value is -1.58. The fourth-order valence-corrected chi connectivity index (χ4v) is 2.66. The first-order valence-corrected chi connectivity index (χ1v) is 6.98. The molecule has 0 bridgehead atoms. The minimum absolute atomic E-state index is 0.0352. The smallest absolute Gasteiger partial charge is 0.254 e. The van der Waals surface area contributed by atoms with Gasteiger partial charge in [0.2, 0.25) is 0 Å². The van der Waals surface area contributed by atoms with Crippen molar-refractivity contribution in [2.24, 2.45) is 0 Å². The second kappa shape index (κ2) is 5.19. The maximum absolute atomic E-state index is 12.7. The highest BCUT2D eigenvalue weighted by Gasteiger charge is 2.35. The molecule has 0 aromatic carbocycles. The van der Waals surface area contributed by atoms with E-state index in [1.165, 1.54) is 0 Å². The van der Waals surface area contributed by atoms with Crippen molar-refractivity contribution in [2.45, 2.75) is 45.6 Å². The van der Waals surface area contributed by atoms with Crippen molar-refractivity contribution in [2.75, 3.05) is 18.9 Å². The number of aryl methyl sites for hydroxylation is 1. The van der Waals surface area contributed by atoms with Crippen LogP contribution >= 0.6 is 0 Å². The van der Waals surface area contributed by atoms with Crippen molar-refractivity contribution in [3.63, 3.8) is 0 Å². The van der Waals surface area contributed by atoms with Crippen LogP contribution in [0.2, 0.25) is 0 Å². The molecule has 0 atom stereocenters. The number of anilines is 1. The molecule has 1 aliphatic rings. The van der Waals surface area contributed by atoms with Crippen LogP contribution in [0.4, 0.5) is 5.82 Å². The standard InChI is InChI=1S/C15H23N3O/c1-5-12-9-11(10-13(16-4)17-12)14(19)18-8-6-7-15(18,2)3/h9-10H,5-8H2,1-4H3,(H,16,17). The molecule has 2 heterocycles. The highest BCUT2D eigenvalue weighted by molar-refractivity contribution is 5.95. The van der Waals surface area contributed by atoms with Crippen molar-refractivity contribution < 1.29 is 4.79 Å². The van der Waals surface area contributed by atoms with E-state index in [4.69, 9.17) is 0 Å². The Bertz CT molecular complexity index is 460. The van der Waals surface area contributed by atoms with Crippen LogP contribution < -0.4 is 5.32 Å². The largest absolute Gasteiger partial charge is 0.373 e. The summed E-state index contributed by atoms with van der Waals surface area (Å²) in [7, 11) is 1.83. The van der Waals surface area contributed by atoms with Gasteiger partial charge in [0, 0.05) is 30.4 Å². The molecular weight excluding hydrogens is 238 g/mol.